The van der Waals surface area contributed by atoms with Gasteiger partial charge in [-0.3, -0.25) is 9.59 Å². The number of nitrogens with two attached hydrogens (primary N) is 1. The van der Waals surface area contributed by atoms with E-state index in [1.54, 1.807) is 4.90 Å². The van der Waals surface area contributed by atoms with Crippen molar-refractivity contribution in [3.63, 3.8) is 0 Å². The summed E-state index contributed by atoms with van der Waals surface area (Å²) in [6.07, 6.45) is 0.849. The summed E-state index contributed by atoms with van der Waals surface area (Å²) in [4.78, 5) is 27.7. The van der Waals surface area contributed by atoms with Gasteiger partial charge in [0.15, 0.2) is 0 Å². The van der Waals surface area contributed by atoms with Gasteiger partial charge in [-0.05, 0) is 55.3 Å². The fourth-order valence-electron chi connectivity index (χ4n) is 3.77. The Kier molecular flexibility index (Phi) is 5.87. The summed E-state index contributed by atoms with van der Waals surface area (Å²) in [7, 11) is 4.03. The predicted molar refractivity (Wildman–Crippen MR) is 113 cm³/mol. The molecule has 28 heavy (non-hydrogen) atoms. The number of carbonyl (C=O) groups is 2. The van der Waals surface area contributed by atoms with Crippen LogP contribution in [0.25, 0.3) is 0 Å². The molecule has 1 saturated heterocycles. The molecule has 0 spiro atoms. The summed E-state index contributed by atoms with van der Waals surface area (Å²) in [6.45, 7) is 2.53. The van der Waals surface area contributed by atoms with Gasteiger partial charge in [-0.2, -0.15) is 0 Å². The monoisotopic (exact) mass is 380 g/mol. The highest BCUT2D eigenvalue weighted by Crippen LogP contribution is 2.29. The number of benzene rings is 2. The van der Waals surface area contributed by atoms with Gasteiger partial charge in [0.25, 0.3) is 0 Å². The van der Waals surface area contributed by atoms with E-state index in [9.17, 15) is 9.59 Å². The van der Waals surface area contributed by atoms with Crippen molar-refractivity contribution in [1.29, 1.82) is 0 Å². The Hall–Kier alpha value is -3.02. The SMILES string of the molecule is CCN1C(=O)CC(C(N)=O)C1Cc1ccc(Nc2ccc(N(C)C)cc2)cc1. The highest BCUT2D eigenvalue weighted by molar-refractivity contribution is 5.89. The molecular weight excluding hydrogens is 352 g/mol. The Morgan fingerprint density at radius 2 is 1.68 bits per heavy atom. The third-order valence-corrected chi connectivity index (χ3v) is 5.36. The second kappa shape index (κ2) is 8.33. The van der Waals surface area contributed by atoms with E-state index in [-0.39, 0.29) is 18.4 Å². The average molecular weight is 380 g/mol. The lowest BCUT2D eigenvalue weighted by Crippen LogP contribution is -2.40. The molecule has 2 amide bonds. The minimum atomic E-state index is -0.416. The Bertz CT molecular complexity index is 831. The molecule has 2 aromatic rings. The van der Waals surface area contributed by atoms with Crippen LogP contribution in [0.15, 0.2) is 48.5 Å². The largest absolute Gasteiger partial charge is 0.378 e. The summed E-state index contributed by atoms with van der Waals surface area (Å²) in [5.41, 5.74) is 9.77. The van der Waals surface area contributed by atoms with Crippen molar-refractivity contribution in [3.8, 4) is 0 Å². The maximum Gasteiger partial charge on any atom is 0.223 e. The molecule has 0 saturated carbocycles. The Balaban J connectivity index is 1.68. The van der Waals surface area contributed by atoms with Crippen molar-refractivity contribution >= 4 is 28.9 Å². The van der Waals surface area contributed by atoms with Crippen LogP contribution in [0, 0.1) is 5.92 Å². The summed E-state index contributed by atoms with van der Waals surface area (Å²) in [6, 6.07) is 16.2. The van der Waals surface area contributed by atoms with Crippen LogP contribution in [0.3, 0.4) is 0 Å². The van der Waals surface area contributed by atoms with E-state index in [0.29, 0.717) is 13.0 Å². The van der Waals surface area contributed by atoms with Gasteiger partial charge in [-0.15, -0.1) is 0 Å². The minimum Gasteiger partial charge on any atom is -0.378 e. The van der Waals surface area contributed by atoms with Crippen molar-refractivity contribution in [1.82, 2.24) is 4.90 Å². The second-order valence-corrected chi connectivity index (χ2v) is 7.43. The van der Waals surface area contributed by atoms with Gasteiger partial charge in [-0.25, -0.2) is 0 Å². The summed E-state index contributed by atoms with van der Waals surface area (Å²) in [5, 5.41) is 3.39. The number of primary amides is 1. The van der Waals surface area contributed by atoms with Gasteiger partial charge in [0.2, 0.25) is 11.8 Å². The quantitative estimate of drug-likeness (QED) is 0.774. The van der Waals surface area contributed by atoms with Crippen LogP contribution in [0.1, 0.15) is 18.9 Å². The molecule has 2 aromatic carbocycles. The first-order chi connectivity index (χ1) is 13.4. The molecule has 0 radical (unpaired) electrons. The first-order valence-electron chi connectivity index (χ1n) is 9.61. The molecule has 1 aliphatic rings. The van der Waals surface area contributed by atoms with Crippen molar-refractivity contribution in [2.45, 2.75) is 25.8 Å². The van der Waals surface area contributed by atoms with Crippen LogP contribution in [0.5, 0.6) is 0 Å². The van der Waals surface area contributed by atoms with E-state index >= 15 is 0 Å². The highest BCUT2D eigenvalue weighted by Gasteiger charge is 2.41. The minimum absolute atomic E-state index is 0.00996. The van der Waals surface area contributed by atoms with Gasteiger partial charge in [0, 0.05) is 50.2 Å². The van der Waals surface area contributed by atoms with Gasteiger partial charge in [0.05, 0.1) is 5.92 Å². The third-order valence-electron chi connectivity index (χ3n) is 5.36. The van der Waals surface area contributed by atoms with Crippen LogP contribution in [-0.4, -0.2) is 43.4 Å². The Morgan fingerprint density at radius 3 is 2.18 bits per heavy atom. The van der Waals surface area contributed by atoms with Gasteiger partial charge in [0.1, 0.15) is 0 Å². The van der Waals surface area contributed by atoms with E-state index in [2.05, 4.69) is 22.3 Å². The molecule has 1 heterocycles. The average Bonchev–Trinajstić information content (AvgIpc) is 2.99. The molecule has 1 fully saturated rings. The Labute approximate surface area is 166 Å². The number of nitrogens with one attached hydrogen (secondary N) is 1. The summed E-state index contributed by atoms with van der Waals surface area (Å²) >= 11 is 0. The topological polar surface area (TPSA) is 78.7 Å². The lowest BCUT2D eigenvalue weighted by molar-refractivity contribution is -0.128. The first-order valence-corrected chi connectivity index (χ1v) is 9.61. The van der Waals surface area contributed by atoms with Crippen molar-refractivity contribution in [2.24, 2.45) is 11.7 Å². The van der Waals surface area contributed by atoms with Crippen LogP contribution >= 0.6 is 0 Å². The molecular formula is C22H28N4O2. The lowest BCUT2D eigenvalue weighted by Gasteiger charge is -2.26. The van der Waals surface area contributed by atoms with Crippen molar-refractivity contribution in [3.05, 3.63) is 54.1 Å². The molecule has 3 rings (SSSR count). The number of hydrogen-bond donors (Lipinski definition) is 2. The van der Waals surface area contributed by atoms with E-state index in [4.69, 9.17) is 5.73 Å². The number of hydrogen-bond acceptors (Lipinski definition) is 4. The van der Waals surface area contributed by atoms with Gasteiger partial charge >= 0.3 is 0 Å². The molecule has 2 unspecified atom stereocenters. The molecule has 0 aromatic heterocycles. The summed E-state index contributed by atoms with van der Waals surface area (Å²) in [5.74, 6) is -0.801. The molecule has 6 heteroatoms. The van der Waals surface area contributed by atoms with Crippen molar-refractivity contribution in [2.75, 3.05) is 30.9 Å². The molecule has 148 valence electrons. The van der Waals surface area contributed by atoms with Crippen LogP contribution in [0.2, 0.25) is 0 Å². The van der Waals surface area contributed by atoms with Gasteiger partial charge < -0.3 is 20.9 Å². The molecule has 6 nitrogen and oxygen atoms in total. The van der Waals surface area contributed by atoms with Crippen molar-refractivity contribution < 1.29 is 9.59 Å². The second-order valence-electron chi connectivity index (χ2n) is 7.43. The number of nitrogens with zero attached hydrogens (tertiary/aromatic N) is 2. The maximum absolute atomic E-state index is 12.1. The molecule has 1 aliphatic heterocycles. The van der Waals surface area contributed by atoms with Gasteiger partial charge in [-0.1, -0.05) is 12.1 Å². The highest BCUT2D eigenvalue weighted by atomic mass is 16.2. The molecule has 0 aliphatic carbocycles. The number of anilines is 3. The number of likely N-dealkylation sites (N-methyl/N-ethyl adjacent to an activating group) is 1. The van der Waals surface area contributed by atoms with E-state index < -0.39 is 11.8 Å². The maximum atomic E-state index is 12.1. The first kappa shape index (κ1) is 19.7. The fraction of sp³-hybridized carbons (Fsp3) is 0.364. The van der Waals surface area contributed by atoms with Crippen LogP contribution in [0.4, 0.5) is 17.1 Å². The zero-order valence-electron chi connectivity index (χ0n) is 16.7. The smallest absolute Gasteiger partial charge is 0.223 e. The molecule has 3 N–H and O–H groups in total. The molecule has 2 atom stereocenters. The fourth-order valence-corrected chi connectivity index (χ4v) is 3.77. The lowest BCUT2D eigenvalue weighted by atomic mass is 9.93. The number of amides is 2. The normalized spacial score (nSPS) is 19.0. The standard InChI is InChI=1S/C22H28N4O2/c1-4-26-20(19(22(23)28)14-21(26)27)13-15-5-7-16(8-6-15)24-17-9-11-18(12-10-17)25(2)3/h5-12,19-20,24H,4,13-14H2,1-3H3,(H2,23,28). The van der Waals surface area contributed by atoms with Crippen LogP contribution < -0.4 is 16.0 Å². The Morgan fingerprint density at radius 1 is 1.11 bits per heavy atom. The zero-order valence-corrected chi connectivity index (χ0v) is 16.7. The predicted octanol–water partition coefficient (Wildman–Crippen LogP) is 2.76. The zero-order chi connectivity index (χ0) is 20.3. The summed E-state index contributed by atoms with van der Waals surface area (Å²) < 4.78 is 0. The van der Waals surface area contributed by atoms with E-state index in [1.165, 1.54) is 0 Å². The third kappa shape index (κ3) is 4.27. The van der Waals surface area contributed by atoms with E-state index in [1.807, 2.05) is 57.4 Å². The number of carbonyl (C=O) groups excluding carboxylic acids is 2. The van der Waals surface area contributed by atoms with E-state index in [0.717, 1.165) is 22.6 Å². The number of likely N-dealkylation sites (tertiary alicyclic amines) is 1. The van der Waals surface area contributed by atoms with Crippen LogP contribution in [-0.2, 0) is 16.0 Å². The number of rotatable bonds is 7. The molecule has 0 bridgehead atoms.